The lowest BCUT2D eigenvalue weighted by molar-refractivity contribution is 0.0952. The molecule has 28 heavy (non-hydrogen) atoms. The minimum Gasteiger partial charge on any atom is -0.352 e. The van der Waals surface area contributed by atoms with Crippen LogP contribution in [0.3, 0.4) is 0 Å². The van der Waals surface area contributed by atoms with Crippen LogP contribution in [0.4, 0.5) is 5.69 Å². The lowest BCUT2D eigenvalue weighted by Crippen LogP contribution is -2.24. The zero-order chi connectivity index (χ0) is 19.8. The van der Waals surface area contributed by atoms with E-state index in [2.05, 4.69) is 17.6 Å². The van der Waals surface area contributed by atoms with Crippen molar-refractivity contribution < 1.29 is 9.59 Å². The minimum atomic E-state index is -0.181. The highest BCUT2D eigenvalue weighted by Crippen LogP contribution is 2.20. The summed E-state index contributed by atoms with van der Waals surface area (Å²) in [5.41, 5.74) is 4.00. The van der Waals surface area contributed by atoms with Gasteiger partial charge in [0, 0.05) is 23.4 Å². The number of benzene rings is 3. The van der Waals surface area contributed by atoms with Crippen molar-refractivity contribution in [1.82, 2.24) is 5.32 Å². The molecule has 0 aliphatic heterocycles. The average Bonchev–Trinajstić information content (AvgIpc) is 2.75. The van der Waals surface area contributed by atoms with Gasteiger partial charge in [-0.05, 0) is 53.9 Å². The second kappa shape index (κ2) is 9.51. The molecule has 2 N–H and O–H groups in total. The maximum Gasteiger partial charge on any atom is 0.255 e. The Morgan fingerprint density at radius 1 is 0.714 bits per heavy atom. The van der Waals surface area contributed by atoms with E-state index in [1.165, 1.54) is 0 Å². The number of carbonyl (C=O) groups is 2. The van der Waals surface area contributed by atoms with Crippen molar-refractivity contribution in [3.8, 4) is 11.1 Å². The molecule has 0 aromatic heterocycles. The van der Waals surface area contributed by atoms with Crippen molar-refractivity contribution in [3.63, 3.8) is 0 Å². The molecule has 0 fully saturated rings. The summed E-state index contributed by atoms with van der Waals surface area (Å²) >= 11 is 0. The Labute approximate surface area is 165 Å². The number of carbonyl (C=O) groups excluding carboxylic acids is 2. The summed E-state index contributed by atoms with van der Waals surface area (Å²) in [5, 5.41) is 5.74. The summed E-state index contributed by atoms with van der Waals surface area (Å²) in [6, 6.07) is 24.5. The van der Waals surface area contributed by atoms with Crippen molar-refractivity contribution in [1.29, 1.82) is 0 Å². The van der Waals surface area contributed by atoms with Crippen LogP contribution < -0.4 is 10.6 Å². The summed E-state index contributed by atoms with van der Waals surface area (Å²) in [6.07, 6.45) is 2.00. The lowest BCUT2D eigenvalue weighted by Gasteiger charge is -2.08. The zero-order valence-electron chi connectivity index (χ0n) is 15.9. The van der Waals surface area contributed by atoms with Crippen LogP contribution in [0.5, 0.6) is 0 Å². The molecule has 0 aliphatic rings. The van der Waals surface area contributed by atoms with Crippen LogP contribution in [0.1, 0.15) is 40.5 Å². The van der Waals surface area contributed by atoms with Crippen molar-refractivity contribution >= 4 is 17.5 Å². The molecule has 3 rings (SSSR count). The summed E-state index contributed by atoms with van der Waals surface area (Å²) in [5.74, 6) is -0.275. The minimum absolute atomic E-state index is 0.0946. The summed E-state index contributed by atoms with van der Waals surface area (Å²) in [6.45, 7) is 2.76. The molecule has 0 saturated heterocycles. The van der Waals surface area contributed by atoms with Gasteiger partial charge in [0.05, 0.1) is 0 Å². The van der Waals surface area contributed by atoms with Gasteiger partial charge in [-0.25, -0.2) is 0 Å². The monoisotopic (exact) mass is 372 g/mol. The van der Waals surface area contributed by atoms with Crippen LogP contribution in [-0.2, 0) is 0 Å². The first kappa shape index (κ1) is 19.4. The predicted molar refractivity (Wildman–Crippen MR) is 114 cm³/mol. The van der Waals surface area contributed by atoms with Crippen molar-refractivity contribution in [2.45, 2.75) is 19.8 Å². The van der Waals surface area contributed by atoms with Crippen molar-refractivity contribution in [2.24, 2.45) is 0 Å². The number of hydrogen-bond donors (Lipinski definition) is 2. The second-order valence-corrected chi connectivity index (χ2v) is 6.58. The van der Waals surface area contributed by atoms with E-state index in [0.29, 0.717) is 23.4 Å². The first-order valence-electron chi connectivity index (χ1n) is 9.52. The number of unbranched alkanes of at least 4 members (excludes halogenated alkanes) is 1. The first-order valence-corrected chi connectivity index (χ1v) is 9.52. The molecule has 0 aliphatic carbocycles. The number of amides is 2. The molecule has 0 radical (unpaired) electrons. The lowest BCUT2D eigenvalue weighted by atomic mass is 10.0. The number of anilines is 1. The Hall–Kier alpha value is -3.40. The molecule has 3 aromatic rings. The van der Waals surface area contributed by atoms with Crippen molar-refractivity contribution in [2.75, 3.05) is 11.9 Å². The summed E-state index contributed by atoms with van der Waals surface area (Å²) in [7, 11) is 0. The Kier molecular flexibility index (Phi) is 6.58. The van der Waals surface area contributed by atoms with Crippen LogP contribution in [0.25, 0.3) is 11.1 Å². The molecule has 142 valence electrons. The molecule has 3 aromatic carbocycles. The van der Waals surface area contributed by atoms with Gasteiger partial charge in [0.2, 0.25) is 0 Å². The third kappa shape index (κ3) is 5.07. The molecule has 4 nitrogen and oxygen atoms in total. The molecular formula is C24H24N2O2. The maximum absolute atomic E-state index is 12.5. The molecule has 0 unspecified atom stereocenters. The molecule has 0 bridgehead atoms. The molecule has 0 heterocycles. The van der Waals surface area contributed by atoms with E-state index in [4.69, 9.17) is 0 Å². The highest BCUT2D eigenvalue weighted by atomic mass is 16.2. The quantitative estimate of drug-likeness (QED) is 0.565. The van der Waals surface area contributed by atoms with Gasteiger partial charge < -0.3 is 10.6 Å². The molecule has 0 atom stereocenters. The van der Waals surface area contributed by atoms with Crippen LogP contribution in [-0.4, -0.2) is 18.4 Å². The van der Waals surface area contributed by atoms with Gasteiger partial charge in [0.15, 0.2) is 0 Å². The highest BCUT2D eigenvalue weighted by Gasteiger charge is 2.08. The summed E-state index contributed by atoms with van der Waals surface area (Å²) in [4.78, 5) is 24.5. The number of nitrogens with one attached hydrogen (secondary N) is 2. The molecule has 0 spiro atoms. The molecule has 4 heteroatoms. The summed E-state index contributed by atoms with van der Waals surface area (Å²) < 4.78 is 0. The van der Waals surface area contributed by atoms with Gasteiger partial charge in [-0.3, -0.25) is 9.59 Å². The Morgan fingerprint density at radius 2 is 1.29 bits per heavy atom. The van der Waals surface area contributed by atoms with Crippen LogP contribution in [0.2, 0.25) is 0 Å². The standard InChI is InChI=1S/C24H24N2O2/c1-2-3-17-25-23(27)20-13-15-22(16-14-20)26-24(28)21-11-9-19(10-12-21)18-7-5-4-6-8-18/h4-16H,2-3,17H2,1H3,(H,25,27)(H,26,28). The van der Waals surface area contributed by atoms with E-state index in [1.807, 2.05) is 54.6 Å². The molecule has 2 amide bonds. The maximum atomic E-state index is 12.5. The van der Waals surface area contributed by atoms with Gasteiger partial charge in [-0.2, -0.15) is 0 Å². The topological polar surface area (TPSA) is 58.2 Å². The van der Waals surface area contributed by atoms with E-state index in [9.17, 15) is 9.59 Å². The largest absolute Gasteiger partial charge is 0.352 e. The fourth-order valence-electron chi connectivity index (χ4n) is 2.83. The molecular weight excluding hydrogens is 348 g/mol. The van der Waals surface area contributed by atoms with E-state index in [0.717, 1.165) is 24.0 Å². The highest BCUT2D eigenvalue weighted by molar-refractivity contribution is 6.04. The van der Waals surface area contributed by atoms with Crippen LogP contribution in [0.15, 0.2) is 78.9 Å². The van der Waals surface area contributed by atoms with Crippen LogP contribution >= 0.6 is 0 Å². The Bertz CT molecular complexity index is 917. The van der Waals surface area contributed by atoms with E-state index in [1.54, 1.807) is 24.3 Å². The number of hydrogen-bond acceptors (Lipinski definition) is 2. The van der Waals surface area contributed by atoms with Gasteiger partial charge in [-0.15, -0.1) is 0 Å². The Balaban J connectivity index is 1.60. The predicted octanol–water partition coefficient (Wildman–Crippen LogP) is 5.14. The van der Waals surface area contributed by atoms with Gasteiger partial charge in [0.25, 0.3) is 11.8 Å². The van der Waals surface area contributed by atoms with Gasteiger partial charge in [0.1, 0.15) is 0 Å². The SMILES string of the molecule is CCCCNC(=O)c1ccc(NC(=O)c2ccc(-c3ccccc3)cc2)cc1. The smallest absolute Gasteiger partial charge is 0.255 e. The third-order valence-electron chi connectivity index (χ3n) is 4.48. The van der Waals surface area contributed by atoms with E-state index >= 15 is 0 Å². The fourth-order valence-corrected chi connectivity index (χ4v) is 2.83. The van der Waals surface area contributed by atoms with Gasteiger partial charge in [-0.1, -0.05) is 55.8 Å². The number of rotatable bonds is 7. The van der Waals surface area contributed by atoms with Crippen LogP contribution in [0, 0.1) is 0 Å². The fraction of sp³-hybridized carbons (Fsp3) is 0.167. The van der Waals surface area contributed by atoms with Gasteiger partial charge >= 0.3 is 0 Å². The van der Waals surface area contributed by atoms with Crippen molar-refractivity contribution in [3.05, 3.63) is 90.0 Å². The molecule has 0 saturated carbocycles. The average molecular weight is 372 g/mol. The zero-order valence-corrected chi connectivity index (χ0v) is 15.9. The van der Waals surface area contributed by atoms with E-state index in [-0.39, 0.29) is 11.8 Å². The second-order valence-electron chi connectivity index (χ2n) is 6.58. The Morgan fingerprint density at radius 3 is 1.93 bits per heavy atom. The third-order valence-corrected chi connectivity index (χ3v) is 4.48. The van der Waals surface area contributed by atoms with E-state index < -0.39 is 0 Å². The first-order chi connectivity index (χ1) is 13.7. The normalized spacial score (nSPS) is 10.3.